The lowest BCUT2D eigenvalue weighted by Crippen LogP contribution is -2.18. The van der Waals surface area contributed by atoms with E-state index in [9.17, 15) is 4.79 Å². The molecule has 4 nitrogen and oxygen atoms in total. The molecule has 90 valence electrons. The van der Waals surface area contributed by atoms with Crippen LogP contribution in [0.25, 0.3) is 0 Å². The molecule has 0 radical (unpaired) electrons. The lowest BCUT2D eigenvalue weighted by atomic mass is 9.97. The van der Waals surface area contributed by atoms with Gasteiger partial charge in [-0.15, -0.1) is 0 Å². The van der Waals surface area contributed by atoms with E-state index in [1.807, 2.05) is 0 Å². The summed E-state index contributed by atoms with van der Waals surface area (Å²) >= 11 is 7.03. The molecule has 0 aliphatic heterocycles. The fraction of sp³-hybridized carbons (Fsp3) is 0.600. The molecule has 0 spiro atoms. The highest BCUT2D eigenvalue weighted by Crippen LogP contribution is 2.28. The second-order valence-electron chi connectivity index (χ2n) is 4.54. The second kappa shape index (κ2) is 5.01. The van der Waals surface area contributed by atoms with Crippen molar-refractivity contribution < 1.29 is 9.53 Å². The Kier molecular flexibility index (Phi) is 4.15. The molecule has 0 unspecified atom stereocenters. The quantitative estimate of drug-likeness (QED) is 0.851. The van der Waals surface area contributed by atoms with Crippen molar-refractivity contribution in [1.29, 1.82) is 0 Å². The first-order chi connectivity index (χ1) is 7.33. The molecular weight excluding hydrogens is 248 g/mol. The Hall–Kier alpha value is -0.810. The predicted molar refractivity (Wildman–Crippen MR) is 66.4 cm³/mol. The molecule has 0 aliphatic rings. The van der Waals surface area contributed by atoms with Crippen LogP contribution in [-0.2, 0) is 4.74 Å². The number of anilines is 1. The van der Waals surface area contributed by atoms with Crippen LogP contribution < -0.4 is 5.32 Å². The Morgan fingerprint density at radius 3 is 2.69 bits per heavy atom. The van der Waals surface area contributed by atoms with Crippen molar-refractivity contribution in [3.63, 3.8) is 0 Å². The van der Waals surface area contributed by atoms with Crippen molar-refractivity contribution >= 4 is 34.0 Å². The lowest BCUT2D eigenvalue weighted by molar-refractivity contribution is 0.0606. The molecule has 0 bridgehead atoms. The zero-order chi connectivity index (χ0) is 12.3. The Bertz CT molecular complexity index is 385. The largest absolute Gasteiger partial charge is 0.465 e. The van der Waals surface area contributed by atoms with E-state index in [0.29, 0.717) is 10.0 Å². The minimum absolute atomic E-state index is 0.142. The third-order valence-electron chi connectivity index (χ3n) is 1.73. The number of nitrogens with one attached hydrogen (secondary N) is 1. The van der Waals surface area contributed by atoms with Crippen LogP contribution in [0.5, 0.6) is 0 Å². The number of aromatic nitrogens is 1. The zero-order valence-electron chi connectivity index (χ0n) is 9.76. The summed E-state index contributed by atoms with van der Waals surface area (Å²) in [7, 11) is 1.32. The first-order valence-electron chi connectivity index (χ1n) is 4.82. The molecule has 1 aromatic heterocycles. The van der Waals surface area contributed by atoms with Crippen LogP contribution in [0.1, 0.15) is 30.4 Å². The SMILES string of the molecule is COC(=O)c1sc(NCC(C)(C)C)nc1Cl. The monoisotopic (exact) mass is 262 g/mol. The van der Waals surface area contributed by atoms with Crippen molar-refractivity contribution in [1.82, 2.24) is 4.98 Å². The van der Waals surface area contributed by atoms with Gasteiger partial charge in [0.2, 0.25) is 0 Å². The van der Waals surface area contributed by atoms with Gasteiger partial charge in [0.25, 0.3) is 0 Å². The van der Waals surface area contributed by atoms with Gasteiger partial charge in [-0.3, -0.25) is 0 Å². The van der Waals surface area contributed by atoms with E-state index < -0.39 is 5.97 Å². The van der Waals surface area contributed by atoms with E-state index in [2.05, 4.69) is 35.8 Å². The number of carbonyl (C=O) groups excluding carboxylic acids is 1. The number of methoxy groups -OCH3 is 1. The average molecular weight is 263 g/mol. The maximum absolute atomic E-state index is 11.3. The van der Waals surface area contributed by atoms with Gasteiger partial charge >= 0.3 is 5.97 Å². The zero-order valence-corrected chi connectivity index (χ0v) is 11.3. The van der Waals surface area contributed by atoms with Crippen LogP contribution in [0.3, 0.4) is 0 Å². The third-order valence-corrected chi connectivity index (χ3v) is 3.11. The van der Waals surface area contributed by atoms with Gasteiger partial charge in [0, 0.05) is 6.54 Å². The average Bonchev–Trinajstić information content (AvgIpc) is 2.55. The van der Waals surface area contributed by atoms with Crippen molar-refractivity contribution in [2.24, 2.45) is 5.41 Å². The summed E-state index contributed by atoms with van der Waals surface area (Å²) in [6.07, 6.45) is 0. The van der Waals surface area contributed by atoms with E-state index in [1.165, 1.54) is 18.4 Å². The fourth-order valence-corrected chi connectivity index (χ4v) is 2.04. The van der Waals surface area contributed by atoms with Gasteiger partial charge in [0.05, 0.1) is 7.11 Å². The van der Waals surface area contributed by atoms with Crippen molar-refractivity contribution in [3.05, 3.63) is 10.0 Å². The first kappa shape index (κ1) is 13.3. The summed E-state index contributed by atoms with van der Waals surface area (Å²) in [6.45, 7) is 7.08. The van der Waals surface area contributed by atoms with Crippen molar-refractivity contribution in [2.45, 2.75) is 20.8 Å². The van der Waals surface area contributed by atoms with Crippen LogP contribution in [0.2, 0.25) is 5.15 Å². The maximum Gasteiger partial charge on any atom is 0.351 e. The van der Waals surface area contributed by atoms with Gasteiger partial charge < -0.3 is 10.1 Å². The van der Waals surface area contributed by atoms with E-state index in [-0.39, 0.29) is 10.6 Å². The van der Waals surface area contributed by atoms with Gasteiger partial charge in [-0.2, -0.15) is 0 Å². The third kappa shape index (κ3) is 3.64. The van der Waals surface area contributed by atoms with Crippen LogP contribution in [0, 0.1) is 5.41 Å². The van der Waals surface area contributed by atoms with E-state index in [1.54, 1.807) is 0 Å². The number of hydrogen-bond acceptors (Lipinski definition) is 5. The number of thiazole rings is 1. The van der Waals surface area contributed by atoms with E-state index >= 15 is 0 Å². The number of halogens is 1. The Balaban J connectivity index is 2.74. The highest BCUT2D eigenvalue weighted by molar-refractivity contribution is 7.18. The molecular formula is C10H15ClN2O2S. The van der Waals surface area contributed by atoms with Crippen LogP contribution in [-0.4, -0.2) is 24.6 Å². The molecule has 6 heteroatoms. The molecule has 1 aromatic rings. The molecule has 0 fully saturated rings. The van der Waals surface area contributed by atoms with Crippen molar-refractivity contribution in [3.8, 4) is 0 Å². The Morgan fingerprint density at radius 2 is 2.19 bits per heavy atom. The Labute approximate surface area is 104 Å². The summed E-state index contributed by atoms with van der Waals surface area (Å²) in [5.74, 6) is -0.452. The summed E-state index contributed by atoms with van der Waals surface area (Å²) in [6, 6.07) is 0. The molecule has 1 rings (SSSR count). The van der Waals surface area contributed by atoms with Gasteiger partial charge in [-0.25, -0.2) is 9.78 Å². The van der Waals surface area contributed by atoms with Gasteiger partial charge in [0.15, 0.2) is 15.2 Å². The lowest BCUT2D eigenvalue weighted by Gasteiger charge is -2.17. The topological polar surface area (TPSA) is 51.2 Å². The van der Waals surface area contributed by atoms with Crippen LogP contribution >= 0.6 is 22.9 Å². The number of esters is 1. The minimum Gasteiger partial charge on any atom is -0.465 e. The molecule has 1 N–H and O–H groups in total. The number of nitrogens with zero attached hydrogens (tertiary/aromatic N) is 1. The number of hydrogen-bond donors (Lipinski definition) is 1. The molecule has 1 heterocycles. The van der Waals surface area contributed by atoms with Gasteiger partial charge in [0.1, 0.15) is 0 Å². The highest BCUT2D eigenvalue weighted by Gasteiger charge is 2.18. The number of carbonyl (C=O) groups is 1. The minimum atomic E-state index is -0.452. The first-order valence-corrected chi connectivity index (χ1v) is 6.01. The summed E-state index contributed by atoms with van der Waals surface area (Å²) in [5, 5.41) is 3.97. The summed E-state index contributed by atoms with van der Waals surface area (Å²) < 4.78 is 4.60. The number of ether oxygens (including phenoxy) is 1. The van der Waals surface area contributed by atoms with E-state index in [4.69, 9.17) is 11.6 Å². The smallest absolute Gasteiger partial charge is 0.351 e. The summed E-state index contributed by atoms with van der Waals surface area (Å²) in [5.41, 5.74) is 0.142. The summed E-state index contributed by atoms with van der Waals surface area (Å²) in [4.78, 5) is 15.7. The molecule has 0 saturated carbocycles. The molecule has 16 heavy (non-hydrogen) atoms. The molecule has 0 aliphatic carbocycles. The predicted octanol–water partition coefficient (Wildman–Crippen LogP) is 3.04. The van der Waals surface area contributed by atoms with Crippen LogP contribution in [0.4, 0.5) is 5.13 Å². The molecule has 0 saturated heterocycles. The number of rotatable bonds is 3. The molecule has 0 aromatic carbocycles. The fourth-order valence-electron chi connectivity index (χ4n) is 0.937. The standard InChI is InChI=1S/C10H15ClN2O2S/c1-10(2,3)5-12-9-13-7(11)6(16-9)8(14)15-4/h5H2,1-4H3,(H,12,13). The highest BCUT2D eigenvalue weighted by atomic mass is 35.5. The molecule has 0 amide bonds. The van der Waals surface area contributed by atoms with Crippen LogP contribution in [0.15, 0.2) is 0 Å². The second-order valence-corrected chi connectivity index (χ2v) is 5.90. The van der Waals surface area contributed by atoms with Gasteiger partial charge in [-0.1, -0.05) is 43.7 Å². The normalized spacial score (nSPS) is 11.3. The molecule has 0 atom stereocenters. The Morgan fingerprint density at radius 1 is 1.56 bits per heavy atom. The maximum atomic E-state index is 11.3. The van der Waals surface area contributed by atoms with E-state index in [0.717, 1.165) is 6.54 Å². The van der Waals surface area contributed by atoms with Crippen molar-refractivity contribution in [2.75, 3.05) is 19.0 Å². The van der Waals surface area contributed by atoms with Gasteiger partial charge in [-0.05, 0) is 5.41 Å².